The number of nitrogens with two attached hydrogens (primary N) is 1. The Morgan fingerprint density at radius 2 is 2.25 bits per heavy atom. The second kappa shape index (κ2) is 6.75. The quantitative estimate of drug-likeness (QED) is 0.831. The lowest BCUT2D eigenvalue weighted by Crippen LogP contribution is -2.44. The third-order valence-corrected chi connectivity index (χ3v) is 4.15. The first-order valence-corrected chi connectivity index (χ1v) is 7.40. The molecular formula is C16H24N2O2. The first-order valence-electron chi connectivity index (χ1n) is 7.40. The van der Waals surface area contributed by atoms with E-state index >= 15 is 0 Å². The van der Waals surface area contributed by atoms with E-state index in [0.29, 0.717) is 5.69 Å². The molecule has 0 spiro atoms. The molecule has 20 heavy (non-hydrogen) atoms. The molecule has 4 heteroatoms. The molecule has 1 aliphatic rings. The van der Waals surface area contributed by atoms with Gasteiger partial charge in [-0.05, 0) is 37.5 Å². The molecule has 0 radical (unpaired) electrons. The number of nitrogens with zero attached hydrogens (tertiary/aromatic N) is 1. The zero-order chi connectivity index (χ0) is 14.5. The van der Waals surface area contributed by atoms with Crippen LogP contribution in [0.15, 0.2) is 24.3 Å². The van der Waals surface area contributed by atoms with Crippen molar-refractivity contribution in [1.29, 1.82) is 0 Å². The van der Waals surface area contributed by atoms with Crippen LogP contribution in [0.25, 0.3) is 0 Å². The average molecular weight is 276 g/mol. The summed E-state index contributed by atoms with van der Waals surface area (Å²) in [5.74, 6) is -0.123. The van der Waals surface area contributed by atoms with Crippen LogP contribution in [0.1, 0.15) is 44.1 Å². The average Bonchev–Trinajstić information content (AvgIpc) is 2.70. The van der Waals surface area contributed by atoms with Gasteiger partial charge >= 0.3 is 0 Å². The Labute approximate surface area is 120 Å². The minimum absolute atomic E-state index is 0.0338. The highest BCUT2D eigenvalue weighted by Crippen LogP contribution is 2.24. The monoisotopic (exact) mass is 276 g/mol. The third kappa shape index (κ3) is 3.31. The van der Waals surface area contributed by atoms with Crippen molar-refractivity contribution >= 4 is 11.6 Å². The molecule has 1 amide bonds. The summed E-state index contributed by atoms with van der Waals surface area (Å²) in [6.45, 7) is 2.71. The molecule has 0 aromatic heterocycles. The molecule has 1 aliphatic heterocycles. The number of amides is 1. The highest BCUT2D eigenvalue weighted by molar-refractivity contribution is 5.84. The van der Waals surface area contributed by atoms with E-state index in [0.717, 1.165) is 37.8 Å². The van der Waals surface area contributed by atoms with E-state index < -0.39 is 0 Å². The molecule has 0 bridgehead atoms. The van der Waals surface area contributed by atoms with Gasteiger partial charge in [0.2, 0.25) is 5.91 Å². The second-order valence-electron chi connectivity index (χ2n) is 5.61. The smallest absolute Gasteiger partial charge is 0.230 e. The van der Waals surface area contributed by atoms with Gasteiger partial charge in [0, 0.05) is 12.2 Å². The Kier molecular flexibility index (Phi) is 5.01. The number of likely N-dealkylation sites (tertiary alicyclic amines) is 1. The number of aliphatic hydroxyl groups excluding tert-OH is 1. The van der Waals surface area contributed by atoms with Crippen LogP contribution in [0.5, 0.6) is 0 Å². The molecule has 1 fully saturated rings. The van der Waals surface area contributed by atoms with Crippen LogP contribution in [0.4, 0.5) is 5.69 Å². The van der Waals surface area contributed by atoms with E-state index in [9.17, 15) is 9.90 Å². The van der Waals surface area contributed by atoms with Crippen LogP contribution in [0.3, 0.4) is 0 Å². The van der Waals surface area contributed by atoms with E-state index in [1.807, 2.05) is 36.1 Å². The van der Waals surface area contributed by atoms with E-state index in [1.54, 1.807) is 0 Å². The molecule has 1 saturated heterocycles. The Morgan fingerprint density at radius 3 is 2.95 bits per heavy atom. The zero-order valence-electron chi connectivity index (χ0n) is 12.1. The molecule has 0 saturated carbocycles. The summed E-state index contributed by atoms with van der Waals surface area (Å²) in [7, 11) is 0. The number of anilines is 1. The molecule has 0 aliphatic carbocycles. The Bertz CT molecular complexity index is 462. The summed E-state index contributed by atoms with van der Waals surface area (Å²) in [4.78, 5) is 14.6. The van der Waals surface area contributed by atoms with E-state index in [-0.39, 0.29) is 24.5 Å². The molecule has 2 rings (SSSR count). The first-order chi connectivity index (χ1) is 9.63. The topological polar surface area (TPSA) is 66.6 Å². The predicted molar refractivity (Wildman–Crippen MR) is 80.3 cm³/mol. The maximum Gasteiger partial charge on any atom is 0.230 e. The van der Waals surface area contributed by atoms with Crippen molar-refractivity contribution in [3.63, 3.8) is 0 Å². The predicted octanol–water partition coefficient (Wildman–Crippen LogP) is 2.14. The first kappa shape index (κ1) is 14.9. The Hall–Kier alpha value is -1.55. The summed E-state index contributed by atoms with van der Waals surface area (Å²) in [6, 6.07) is 7.45. The van der Waals surface area contributed by atoms with Gasteiger partial charge in [0.15, 0.2) is 0 Å². The maximum atomic E-state index is 12.7. The summed E-state index contributed by atoms with van der Waals surface area (Å²) < 4.78 is 0. The molecule has 2 unspecified atom stereocenters. The van der Waals surface area contributed by atoms with Gasteiger partial charge in [-0.1, -0.05) is 25.0 Å². The van der Waals surface area contributed by atoms with Crippen molar-refractivity contribution in [3.05, 3.63) is 29.8 Å². The van der Waals surface area contributed by atoms with Crippen LogP contribution in [0, 0.1) is 0 Å². The van der Waals surface area contributed by atoms with Crippen molar-refractivity contribution in [2.75, 3.05) is 18.9 Å². The third-order valence-electron chi connectivity index (χ3n) is 4.15. The summed E-state index contributed by atoms with van der Waals surface area (Å²) in [5, 5.41) is 9.52. The summed E-state index contributed by atoms with van der Waals surface area (Å²) in [6.07, 6.45) is 4.13. The SMILES string of the molecule is CC(C(=O)N1CCCCCC1CO)c1cccc(N)c1. The number of carbonyl (C=O) groups is 1. The molecule has 2 atom stereocenters. The van der Waals surface area contributed by atoms with Crippen LogP contribution >= 0.6 is 0 Å². The molecule has 1 aromatic carbocycles. The van der Waals surface area contributed by atoms with Crippen LogP contribution in [-0.4, -0.2) is 35.1 Å². The molecule has 1 heterocycles. The van der Waals surface area contributed by atoms with Crippen molar-refractivity contribution in [1.82, 2.24) is 4.90 Å². The van der Waals surface area contributed by atoms with Crippen LogP contribution in [-0.2, 0) is 4.79 Å². The fraction of sp³-hybridized carbons (Fsp3) is 0.562. The van der Waals surface area contributed by atoms with E-state index in [4.69, 9.17) is 5.73 Å². The standard InChI is InChI=1S/C16H24N2O2/c1-12(13-6-5-7-14(17)10-13)16(20)18-9-4-2-3-8-15(18)11-19/h5-7,10,12,15,19H,2-4,8-9,11,17H2,1H3. The van der Waals surface area contributed by atoms with E-state index in [1.165, 1.54) is 0 Å². The molecule has 4 nitrogen and oxygen atoms in total. The van der Waals surface area contributed by atoms with Crippen LogP contribution < -0.4 is 5.73 Å². The lowest BCUT2D eigenvalue weighted by atomic mass is 9.98. The highest BCUT2D eigenvalue weighted by Gasteiger charge is 2.28. The van der Waals surface area contributed by atoms with Gasteiger partial charge in [0.1, 0.15) is 0 Å². The van der Waals surface area contributed by atoms with Crippen molar-refractivity contribution in [2.24, 2.45) is 0 Å². The van der Waals surface area contributed by atoms with Gasteiger partial charge in [-0.3, -0.25) is 4.79 Å². The normalized spacial score (nSPS) is 21.3. The molecule has 3 N–H and O–H groups in total. The van der Waals surface area contributed by atoms with Crippen LogP contribution in [0.2, 0.25) is 0 Å². The zero-order valence-corrected chi connectivity index (χ0v) is 12.1. The lowest BCUT2D eigenvalue weighted by Gasteiger charge is -2.31. The van der Waals surface area contributed by atoms with Gasteiger partial charge < -0.3 is 15.7 Å². The number of hydrogen-bond acceptors (Lipinski definition) is 3. The van der Waals surface area contributed by atoms with Gasteiger partial charge in [-0.15, -0.1) is 0 Å². The molecule has 110 valence electrons. The van der Waals surface area contributed by atoms with Gasteiger partial charge in [-0.25, -0.2) is 0 Å². The number of hydrogen-bond donors (Lipinski definition) is 2. The Balaban J connectivity index is 2.15. The highest BCUT2D eigenvalue weighted by atomic mass is 16.3. The number of aliphatic hydroxyl groups is 1. The van der Waals surface area contributed by atoms with E-state index in [2.05, 4.69) is 0 Å². The minimum Gasteiger partial charge on any atom is -0.399 e. The summed E-state index contributed by atoms with van der Waals surface area (Å²) >= 11 is 0. The Morgan fingerprint density at radius 1 is 1.45 bits per heavy atom. The van der Waals surface area contributed by atoms with Gasteiger partial charge in [0.25, 0.3) is 0 Å². The molecule has 1 aromatic rings. The van der Waals surface area contributed by atoms with Crippen molar-refractivity contribution in [3.8, 4) is 0 Å². The number of carbonyl (C=O) groups excluding carboxylic acids is 1. The fourth-order valence-corrected chi connectivity index (χ4v) is 2.88. The number of benzene rings is 1. The maximum absolute atomic E-state index is 12.7. The minimum atomic E-state index is -0.217. The lowest BCUT2D eigenvalue weighted by molar-refractivity contribution is -0.135. The largest absolute Gasteiger partial charge is 0.399 e. The van der Waals surface area contributed by atoms with Gasteiger partial charge in [0.05, 0.1) is 18.6 Å². The number of nitrogen functional groups attached to an aromatic ring is 1. The van der Waals surface area contributed by atoms with Crippen molar-refractivity contribution in [2.45, 2.75) is 44.6 Å². The second-order valence-corrected chi connectivity index (χ2v) is 5.61. The number of rotatable bonds is 3. The van der Waals surface area contributed by atoms with Gasteiger partial charge in [-0.2, -0.15) is 0 Å². The molecular weight excluding hydrogens is 252 g/mol. The van der Waals surface area contributed by atoms with Crippen molar-refractivity contribution < 1.29 is 9.90 Å². The fourth-order valence-electron chi connectivity index (χ4n) is 2.88. The summed E-state index contributed by atoms with van der Waals surface area (Å²) in [5.41, 5.74) is 7.41.